The van der Waals surface area contributed by atoms with Crippen molar-refractivity contribution in [1.29, 1.82) is 0 Å². The second-order valence-electron chi connectivity index (χ2n) is 6.27. The molecule has 1 aliphatic rings. The lowest BCUT2D eigenvalue weighted by Crippen LogP contribution is -2.23. The van der Waals surface area contributed by atoms with Crippen LogP contribution < -0.4 is 10.0 Å². The lowest BCUT2D eigenvalue weighted by atomic mass is 9.90. The van der Waals surface area contributed by atoms with Gasteiger partial charge in [-0.25, -0.2) is 13.1 Å². The van der Waals surface area contributed by atoms with Crippen molar-refractivity contribution in [3.63, 3.8) is 0 Å². The Labute approximate surface area is 142 Å². The van der Waals surface area contributed by atoms with Crippen molar-refractivity contribution in [2.45, 2.75) is 31.2 Å². The molecule has 0 aromatic heterocycles. The molecule has 2 N–H and O–H groups in total. The van der Waals surface area contributed by atoms with Crippen LogP contribution in [0.1, 0.15) is 30.9 Å². The number of fused-ring (bicyclic) bond motifs is 1. The predicted octanol–water partition coefficient (Wildman–Crippen LogP) is 2.86. The van der Waals surface area contributed by atoms with Gasteiger partial charge in [-0.2, -0.15) is 0 Å². The maximum absolute atomic E-state index is 12.5. The molecule has 0 spiro atoms. The minimum absolute atomic E-state index is 0.0770. The largest absolute Gasteiger partial charge is 0.325 e. The van der Waals surface area contributed by atoms with Crippen LogP contribution in [0, 0.1) is 5.92 Å². The van der Waals surface area contributed by atoms with E-state index >= 15 is 0 Å². The molecular weight excluding hydrogens is 324 g/mol. The summed E-state index contributed by atoms with van der Waals surface area (Å²) in [6, 6.07) is 14.1. The first-order valence-electron chi connectivity index (χ1n) is 7.87. The minimum Gasteiger partial charge on any atom is -0.325 e. The summed E-state index contributed by atoms with van der Waals surface area (Å²) in [4.78, 5) is 12.2. The van der Waals surface area contributed by atoms with E-state index in [9.17, 15) is 13.2 Å². The second-order valence-corrected chi connectivity index (χ2v) is 8.04. The van der Waals surface area contributed by atoms with Gasteiger partial charge in [-0.1, -0.05) is 44.2 Å². The van der Waals surface area contributed by atoms with E-state index in [1.54, 1.807) is 12.1 Å². The Bertz CT molecular complexity index is 861. The fraction of sp³-hybridized carbons (Fsp3) is 0.278. The van der Waals surface area contributed by atoms with Crippen molar-refractivity contribution in [3.8, 4) is 0 Å². The first-order chi connectivity index (χ1) is 11.4. The monoisotopic (exact) mass is 344 g/mol. The molecule has 3 rings (SSSR count). The van der Waals surface area contributed by atoms with Gasteiger partial charge in [0, 0.05) is 12.2 Å². The van der Waals surface area contributed by atoms with Crippen LogP contribution in [0.15, 0.2) is 53.4 Å². The third kappa shape index (κ3) is 3.20. The highest BCUT2D eigenvalue weighted by Gasteiger charge is 2.33. The second kappa shape index (κ2) is 6.37. The molecule has 0 unspecified atom stereocenters. The number of sulfonamides is 1. The van der Waals surface area contributed by atoms with Crippen LogP contribution in [0.3, 0.4) is 0 Å². The van der Waals surface area contributed by atoms with Crippen LogP contribution in [0.25, 0.3) is 0 Å². The molecule has 0 saturated heterocycles. The predicted molar refractivity (Wildman–Crippen MR) is 93.1 cm³/mol. The number of carbonyl (C=O) groups is 1. The van der Waals surface area contributed by atoms with Gasteiger partial charge < -0.3 is 5.32 Å². The molecule has 1 aliphatic heterocycles. The molecule has 126 valence electrons. The van der Waals surface area contributed by atoms with E-state index in [2.05, 4.69) is 10.0 Å². The van der Waals surface area contributed by atoms with Crippen molar-refractivity contribution in [3.05, 3.63) is 59.7 Å². The van der Waals surface area contributed by atoms with Gasteiger partial charge in [0.2, 0.25) is 15.9 Å². The summed E-state index contributed by atoms with van der Waals surface area (Å²) >= 11 is 0. The minimum atomic E-state index is -3.64. The molecule has 24 heavy (non-hydrogen) atoms. The molecule has 1 amide bonds. The zero-order chi connectivity index (χ0) is 17.3. The quantitative estimate of drug-likeness (QED) is 0.876. The molecule has 1 heterocycles. The topological polar surface area (TPSA) is 75.3 Å². The SMILES string of the molecule is CC(C)[C@@H]1C(=O)Nc2ccc(S(=O)(=O)NCc3ccccc3)cc21. The van der Waals surface area contributed by atoms with Crippen molar-refractivity contribution < 1.29 is 13.2 Å². The number of amides is 1. The normalized spacial score (nSPS) is 17.0. The highest BCUT2D eigenvalue weighted by molar-refractivity contribution is 7.89. The van der Waals surface area contributed by atoms with Gasteiger partial charge in [0.1, 0.15) is 0 Å². The third-order valence-electron chi connectivity index (χ3n) is 4.18. The molecule has 0 bridgehead atoms. The van der Waals surface area contributed by atoms with Crippen LogP contribution in [0.5, 0.6) is 0 Å². The Morgan fingerprint density at radius 1 is 1.12 bits per heavy atom. The Morgan fingerprint density at radius 2 is 1.83 bits per heavy atom. The zero-order valence-electron chi connectivity index (χ0n) is 13.6. The number of carbonyl (C=O) groups excluding carboxylic acids is 1. The van der Waals surface area contributed by atoms with Crippen molar-refractivity contribution in [2.75, 3.05) is 5.32 Å². The van der Waals surface area contributed by atoms with Gasteiger partial charge in [-0.15, -0.1) is 0 Å². The third-order valence-corrected chi connectivity index (χ3v) is 5.58. The molecule has 6 heteroatoms. The van der Waals surface area contributed by atoms with Crippen LogP contribution in [-0.4, -0.2) is 14.3 Å². The molecule has 5 nitrogen and oxygen atoms in total. The van der Waals surface area contributed by atoms with E-state index in [0.29, 0.717) is 5.69 Å². The summed E-state index contributed by atoms with van der Waals surface area (Å²) in [7, 11) is -3.64. The van der Waals surface area contributed by atoms with Crippen molar-refractivity contribution in [1.82, 2.24) is 4.72 Å². The highest BCUT2D eigenvalue weighted by atomic mass is 32.2. The summed E-state index contributed by atoms with van der Waals surface area (Å²) in [6.07, 6.45) is 0. The molecular formula is C18H20N2O3S. The molecule has 0 radical (unpaired) electrons. The number of hydrogen-bond acceptors (Lipinski definition) is 3. The number of benzene rings is 2. The lowest BCUT2D eigenvalue weighted by molar-refractivity contribution is -0.117. The number of anilines is 1. The number of nitrogens with one attached hydrogen (secondary N) is 2. The molecule has 1 atom stereocenters. The Kier molecular flexibility index (Phi) is 4.43. The summed E-state index contributed by atoms with van der Waals surface area (Å²) in [5.41, 5.74) is 2.33. The van der Waals surface area contributed by atoms with Gasteiger partial charge >= 0.3 is 0 Å². The van der Waals surface area contributed by atoms with Crippen LogP contribution in [-0.2, 0) is 21.4 Å². The fourth-order valence-electron chi connectivity index (χ4n) is 2.95. The van der Waals surface area contributed by atoms with Gasteiger partial charge in [0.05, 0.1) is 10.8 Å². The Morgan fingerprint density at radius 3 is 2.50 bits per heavy atom. The summed E-state index contributed by atoms with van der Waals surface area (Å²) in [5.74, 6) is -0.294. The summed E-state index contributed by atoms with van der Waals surface area (Å²) in [6.45, 7) is 4.13. The van der Waals surface area contributed by atoms with Crippen LogP contribution >= 0.6 is 0 Å². The van der Waals surface area contributed by atoms with Gasteiger partial charge in [0.15, 0.2) is 0 Å². The van der Waals surface area contributed by atoms with Gasteiger partial charge in [-0.05, 0) is 35.2 Å². The molecule has 0 saturated carbocycles. The van der Waals surface area contributed by atoms with E-state index in [1.807, 2.05) is 44.2 Å². The molecule has 2 aromatic carbocycles. The van der Waals surface area contributed by atoms with Gasteiger partial charge in [0.25, 0.3) is 0 Å². The first-order valence-corrected chi connectivity index (χ1v) is 9.35. The van der Waals surface area contributed by atoms with Crippen LogP contribution in [0.2, 0.25) is 0 Å². The maximum Gasteiger partial charge on any atom is 0.240 e. The Hall–Kier alpha value is -2.18. The first kappa shape index (κ1) is 16.7. The fourth-order valence-corrected chi connectivity index (χ4v) is 4.00. The highest BCUT2D eigenvalue weighted by Crippen LogP contribution is 2.38. The molecule has 2 aromatic rings. The lowest BCUT2D eigenvalue weighted by Gasteiger charge is -2.14. The number of rotatable bonds is 5. The van der Waals surface area contributed by atoms with E-state index in [4.69, 9.17) is 0 Å². The van der Waals surface area contributed by atoms with E-state index in [-0.39, 0.29) is 29.2 Å². The van der Waals surface area contributed by atoms with Gasteiger partial charge in [-0.3, -0.25) is 4.79 Å². The zero-order valence-corrected chi connectivity index (χ0v) is 14.4. The smallest absolute Gasteiger partial charge is 0.240 e. The van der Waals surface area contributed by atoms with E-state index < -0.39 is 10.0 Å². The standard InChI is InChI=1S/C18H20N2O3S/c1-12(2)17-15-10-14(8-9-16(15)20-18(17)21)24(22,23)19-11-13-6-4-3-5-7-13/h3-10,12,17,19H,11H2,1-2H3,(H,20,21)/t17-/m0/s1. The molecule has 0 fully saturated rings. The van der Waals surface area contributed by atoms with Crippen LogP contribution in [0.4, 0.5) is 5.69 Å². The van der Waals surface area contributed by atoms with Crippen molar-refractivity contribution in [2.24, 2.45) is 5.92 Å². The maximum atomic E-state index is 12.5. The van der Waals surface area contributed by atoms with Crippen molar-refractivity contribution >= 4 is 21.6 Å². The average Bonchev–Trinajstić information content (AvgIpc) is 2.89. The number of hydrogen-bond donors (Lipinski definition) is 2. The summed E-state index contributed by atoms with van der Waals surface area (Å²) < 4.78 is 27.7. The van der Waals surface area contributed by atoms with E-state index in [0.717, 1.165) is 11.1 Å². The Balaban J connectivity index is 1.86. The van der Waals surface area contributed by atoms with E-state index in [1.165, 1.54) is 6.07 Å². The average molecular weight is 344 g/mol. The molecule has 0 aliphatic carbocycles. The summed E-state index contributed by atoms with van der Waals surface area (Å²) in [5, 5.41) is 2.81.